The number of ether oxygens (including phenoxy) is 1. The van der Waals surface area contributed by atoms with Crippen LogP contribution in [0.25, 0.3) is 0 Å². The van der Waals surface area contributed by atoms with Crippen LogP contribution in [0.15, 0.2) is 30.3 Å². The van der Waals surface area contributed by atoms with Crippen molar-refractivity contribution in [3.8, 4) is 0 Å². The number of rotatable bonds is 8. The third-order valence-electron chi connectivity index (χ3n) is 3.00. The second-order valence-corrected chi connectivity index (χ2v) is 6.45. The summed E-state index contributed by atoms with van der Waals surface area (Å²) in [5, 5.41) is 3.82. The Bertz CT molecular complexity index is 408. The van der Waals surface area contributed by atoms with Crippen molar-refractivity contribution >= 4 is 17.7 Å². The van der Waals surface area contributed by atoms with Gasteiger partial charge in [0.15, 0.2) is 5.54 Å². The maximum absolute atomic E-state index is 12.6. The standard InChI is InChI=1S/C16H25NO2S/c1-5-17-16(12-20-13(3)4,15(18)19-6-2)14-10-8-7-9-11-14/h7-11,13,17H,5-6,12H2,1-4H3. The third kappa shape index (κ3) is 4.25. The maximum Gasteiger partial charge on any atom is 0.331 e. The van der Waals surface area contributed by atoms with E-state index in [-0.39, 0.29) is 5.97 Å². The quantitative estimate of drug-likeness (QED) is 0.748. The average Bonchev–Trinajstić information content (AvgIpc) is 2.44. The normalized spacial score (nSPS) is 14.1. The highest BCUT2D eigenvalue weighted by molar-refractivity contribution is 7.99. The van der Waals surface area contributed by atoms with Gasteiger partial charge in [0, 0.05) is 5.75 Å². The Morgan fingerprint density at radius 3 is 2.45 bits per heavy atom. The molecule has 1 N–H and O–H groups in total. The minimum atomic E-state index is -0.763. The Hall–Kier alpha value is -1.00. The van der Waals surface area contributed by atoms with Gasteiger partial charge in [0.05, 0.1) is 6.61 Å². The third-order valence-corrected chi connectivity index (χ3v) is 4.27. The van der Waals surface area contributed by atoms with Gasteiger partial charge in [0.25, 0.3) is 0 Å². The zero-order valence-electron chi connectivity index (χ0n) is 12.8. The van der Waals surface area contributed by atoms with Gasteiger partial charge in [-0.05, 0) is 24.3 Å². The van der Waals surface area contributed by atoms with Crippen molar-refractivity contribution in [2.45, 2.75) is 38.5 Å². The fraction of sp³-hybridized carbons (Fsp3) is 0.562. The van der Waals surface area contributed by atoms with E-state index >= 15 is 0 Å². The van der Waals surface area contributed by atoms with Crippen LogP contribution < -0.4 is 5.32 Å². The lowest BCUT2D eigenvalue weighted by Gasteiger charge is -2.33. The zero-order chi connectivity index (χ0) is 15.0. The van der Waals surface area contributed by atoms with E-state index in [2.05, 4.69) is 19.2 Å². The maximum atomic E-state index is 12.6. The Balaban J connectivity index is 3.15. The average molecular weight is 295 g/mol. The van der Waals surface area contributed by atoms with Crippen LogP contribution in [0.2, 0.25) is 0 Å². The molecule has 20 heavy (non-hydrogen) atoms. The van der Waals surface area contributed by atoms with Crippen molar-refractivity contribution < 1.29 is 9.53 Å². The number of carbonyl (C=O) groups excluding carboxylic acids is 1. The Morgan fingerprint density at radius 2 is 1.95 bits per heavy atom. The molecule has 0 fully saturated rings. The molecule has 0 aromatic heterocycles. The summed E-state index contributed by atoms with van der Waals surface area (Å²) in [6.45, 7) is 9.23. The zero-order valence-corrected chi connectivity index (χ0v) is 13.6. The van der Waals surface area contributed by atoms with Gasteiger partial charge in [0.1, 0.15) is 0 Å². The number of likely N-dealkylation sites (N-methyl/N-ethyl adjacent to an activating group) is 1. The number of hydrogen-bond acceptors (Lipinski definition) is 4. The summed E-state index contributed by atoms with van der Waals surface area (Å²) in [4.78, 5) is 12.6. The molecule has 0 aliphatic carbocycles. The molecule has 0 radical (unpaired) electrons. The molecule has 0 bridgehead atoms. The predicted octanol–water partition coefficient (Wildman–Crippen LogP) is 3.20. The van der Waals surface area contributed by atoms with E-state index in [9.17, 15) is 4.79 Å². The summed E-state index contributed by atoms with van der Waals surface area (Å²) >= 11 is 1.76. The minimum Gasteiger partial charge on any atom is -0.464 e. The molecule has 1 aromatic rings. The second kappa shape index (κ2) is 8.32. The van der Waals surface area contributed by atoms with Crippen LogP contribution in [0, 0.1) is 0 Å². The lowest BCUT2D eigenvalue weighted by Crippen LogP contribution is -2.52. The summed E-state index contributed by atoms with van der Waals surface area (Å²) in [6, 6.07) is 9.85. The number of thioether (sulfide) groups is 1. The van der Waals surface area contributed by atoms with Gasteiger partial charge < -0.3 is 4.74 Å². The number of esters is 1. The van der Waals surface area contributed by atoms with Crippen molar-refractivity contribution in [2.75, 3.05) is 18.9 Å². The van der Waals surface area contributed by atoms with Crippen LogP contribution in [-0.4, -0.2) is 30.1 Å². The van der Waals surface area contributed by atoms with E-state index in [0.29, 0.717) is 24.2 Å². The first-order chi connectivity index (χ1) is 9.56. The summed E-state index contributed by atoms with van der Waals surface area (Å²) in [5.41, 5.74) is 0.203. The van der Waals surface area contributed by atoms with Crippen LogP contribution in [0.4, 0.5) is 0 Å². The van der Waals surface area contributed by atoms with Crippen LogP contribution in [0.5, 0.6) is 0 Å². The minimum absolute atomic E-state index is 0.193. The summed E-state index contributed by atoms with van der Waals surface area (Å²) < 4.78 is 5.33. The fourth-order valence-electron chi connectivity index (χ4n) is 2.06. The number of nitrogens with one attached hydrogen (secondary N) is 1. The van der Waals surface area contributed by atoms with Crippen molar-refractivity contribution in [1.82, 2.24) is 5.32 Å². The lowest BCUT2D eigenvalue weighted by atomic mass is 9.91. The van der Waals surface area contributed by atoms with Gasteiger partial charge in [-0.3, -0.25) is 5.32 Å². The second-order valence-electron chi connectivity index (χ2n) is 4.88. The largest absolute Gasteiger partial charge is 0.464 e. The number of benzene rings is 1. The molecule has 0 aliphatic heterocycles. The van der Waals surface area contributed by atoms with Crippen molar-refractivity contribution in [1.29, 1.82) is 0 Å². The molecule has 112 valence electrons. The molecule has 0 spiro atoms. The van der Waals surface area contributed by atoms with E-state index in [1.54, 1.807) is 11.8 Å². The highest BCUT2D eigenvalue weighted by atomic mass is 32.2. The molecule has 3 nitrogen and oxygen atoms in total. The van der Waals surface area contributed by atoms with E-state index in [1.807, 2.05) is 44.2 Å². The monoisotopic (exact) mass is 295 g/mol. The topological polar surface area (TPSA) is 38.3 Å². The van der Waals surface area contributed by atoms with Gasteiger partial charge in [-0.15, -0.1) is 0 Å². The van der Waals surface area contributed by atoms with Crippen LogP contribution >= 0.6 is 11.8 Å². The predicted molar refractivity (Wildman–Crippen MR) is 86.0 cm³/mol. The van der Waals surface area contributed by atoms with E-state index in [4.69, 9.17) is 4.74 Å². The van der Waals surface area contributed by atoms with Crippen LogP contribution in [-0.2, 0) is 15.1 Å². The molecule has 0 saturated heterocycles. The molecule has 1 unspecified atom stereocenters. The van der Waals surface area contributed by atoms with Gasteiger partial charge in [-0.25, -0.2) is 4.79 Å². The smallest absolute Gasteiger partial charge is 0.331 e. The van der Waals surface area contributed by atoms with Crippen LogP contribution in [0.3, 0.4) is 0 Å². The van der Waals surface area contributed by atoms with Crippen molar-refractivity contribution in [2.24, 2.45) is 0 Å². The fourth-order valence-corrected chi connectivity index (χ4v) is 3.03. The molecular formula is C16H25NO2S. The summed E-state index contributed by atoms with van der Waals surface area (Å²) in [7, 11) is 0. The molecular weight excluding hydrogens is 270 g/mol. The van der Waals surface area contributed by atoms with E-state index < -0.39 is 5.54 Å². The SMILES string of the molecule is CCNC(CSC(C)C)(C(=O)OCC)c1ccccc1. The summed E-state index contributed by atoms with van der Waals surface area (Å²) in [5.74, 6) is 0.475. The molecule has 0 heterocycles. The Kier molecular flexibility index (Phi) is 7.10. The summed E-state index contributed by atoms with van der Waals surface area (Å²) in [6.07, 6.45) is 0. The molecule has 0 saturated carbocycles. The Morgan fingerprint density at radius 1 is 1.30 bits per heavy atom. The highest BCUT2D eigenvalue weighted by Crippen LogP contribution is 2.29. The lowest BCUT2D eigenvalue weighted by molar-refractivity contribution is -0.150. The van der Waals surface area contributed by atoms with Crippen molar-refractivity contribution in [3.05, 3.63) is 35.9 Å². The molecule has 0 aliphatic rings. The van der Waals surface area contributed by atoms with E-state index in [1.165, 1.54) is 0 Å². The molecule has 1 rings (SSSR count). The first-order valence-corrected chi connectivity index (χ1v) is 8.21. The van der Waals surface area contributed by atoms with Gasteiger partial charge in [-0.1, -0.05) is 51.1 Å². The van der Waals surface area contributed by atoms with Crippen LogP contribution in [0.1, 0.15) is 33.3 Å². The first kappa shape index (κ1) is 17.1. The van der Waals surface area contributed by atoms with Crippen molar-refractivity contribution in [3.63, 3.8) is 0 Å². The first-order valence-electron chi connectivity index (χ1n) is 7.16. The van der Waals surface area contributed by atoms with Gasteiger partial charge in [0.2, 0.25) is 0 Å². The molecule has 0 amide bonds. The van der Waals surface area contributed by atoms with Gasteiger partial charge >= 0.3 is 5.97 Å². The number of hydrogen-bond donors (Lipinski definition) is 1. The Labute approximate surface area is 126 Å². The van der Waals surface area contributed by atoms with E-state index in [0.717, 1.165) is 5.56 Å². The molecule has 4 heteroatoms. The van der Waals surface area contributed by atoms with Gasteiger partial charge in [-0.2, -0.15) is 11.8 Å². The highest BCUT2D eigenvalue weighted by Gasteiger charge is 2.41. The molecule has 1 atom stereocenters. The molecule has 1 aromatic carbocycles. The number of carbonyl (C=O) groups is 1.